The maximum Gasteiger partial charge on any atom is 0.164 e. The molecule has 4 aromatic heterocycles. The van der Waals surface area contributed by atoms with Gasteiger partial charge in [-0.05, 0) is 72.3 Å². The number of fused-ring (bicyclic) bond motifs is 9. The number of rotatable bonds is 5. The number of thiophene rings is 1. The van der Waals surface area contributed by atoms with Crippen LogP contribution in [0, 0.1) is 0 Å². The minimum Gasteiger partial charge on any atom is -0.455 e. The monoisotopic (exact) mass is 746 g/mol. The van der Waals surface area contributed by atoms with Crippen LogP contribution in [0.3, 0.4) is 0 Å². The predicted octanol–water partition coefficient (Wildman–Crippen LogP) is 13.9. The lowest BCUT2D eigenvalue weighted by atomic mass is 10.00. The van der Waals surface area contributed by atoms with Gasteiger partial charge in [-0.15, -0.1) is 11.3 Å². The highest BCUT2D eigenvalue weighted by Crippen LogP contribution is 2.41. The number of benzene rings is 8. The zero-order chi connectivity index (χ0) is 37.5. The molecule has 0 saturated heterocycles. The topological polar surface area (TPSA) is 56.7 Å². The van der Waals surface area contributed by atoms with Gasteiger partial charge in [-0.2, -0.15) is 0 Å². The summed E-state index contributed by atoms with van der Waals surface area (Å²) in [5, 5.41) is 6.98. The second kappa shape index (κ2) is 12.6. The van der Waals surface area contributed by atoms with Crippen molar-refractivity contribution in [3.8, 4) is 51.0 Å². The second-order valence-electron chi connectivity index (χ2n) is 14.4. The molecular weight excluding hydrogens is 717 g/mol. The average molecular weight is 747 g/mol. The van der Waals surface area contributed by atoms with Gasteiger partial charge in [0.15, 0.2) is 17.5 Å². The van der Waals surface area contributed by atoms with Crippen LogP contribution in [0.15, 0.2) is 186 Å². The van der Waals surface area contributed by atoms with Crippen LogP contribution < -0.4 is 0 Å². The Balaban J connectivity index is 0.998. The standard InChI is InChI=1S/C51H30N4OS/c1-3-12-31(13-4-1)49-52-50(33-24-27-47-42(29-33)39-17-8-10-21-46(39)57-47)54-51(53-49)34-22-25-38-40-19-11-18-36(48(40)56-45(38)30-34)32-23-26-44-41(28-32)37-16-7-9-20-43(37)55(44)35-14-5-2-6-15-35/h1-30H. The van der Waals surface area contributed by atoms with Crippen molar-refractivity contribution in [2.75, 3.05) is 0 Å². The molecule has 57 heavy (non-hydrogen) atoms. The van der Waals surface area contributed by atoms with E-state index in [2.05, 4.69) is 156 Å². The van der Waals surface area contributed by atoms with Crippen LogP contribution in [0.2, 0.25) is 0 Å². The zero-order valence-electron chi connectivity index (χ0n) is 30.4. The van der Waals surface area contributed by atoms with Gasteiger partial charge in [-0.25, -0.2) is 15.0 Å². The average Bonchev–Trinajstić information content (AvgIpc) is 3.95. The third kappa shape index (κ3) is 5.12. The van der Waals surface area contributed by atoms with E-state index in [4.69, 9.17) is 19.4 Å². The van der Waals surface area contributed by atoms with Gasteiger partial charge in [0, 0.05) is 69.7 Å². The molecule has 0 radical (unpaired) electrons. The molecule has 0 fully saturated rings. The molecule has 5 nitrogen and oxygen atoms in total. The first-order chi connectivity index (χ1) is 28.2. The van der Waals surface area contributed by atoms with Gasteiger partial charge in [-0.1, -0.05) is 115 Å². The van der Waals surface area contributed by atoms with Crippen LogP contribution in [0.25, 0.3) is 115 Å². The van der Waals surface area contributed by atoms with E-state index in [1.54, 1.807) is 11.3 Å². The van der Waals surface area contributed by atoms with Gasteiger partial charge >= 0.3 is 0 Å². The molecule has 0 unspecified atom stereocenters. The Kier molecular flexibility index (Phi) is 7.03. The Hall–Kier alpha value is -7.41. The van der Waals surface area contributed by atoms with Crippen LogP contribution in [-0.4, -0.2) is 19.5 Å². The predicted molar refractivity (Wildman–Crippen MR) is 236 cm³/mol. The molecule has 0 amide bonds. The lowest BCUT2D eigenvalue weighted by Crippen LogP contribution is -2.00. The summed E-state index contributed by atoms with van der Waals surface area (Å²) in [5.74, 6) is 1.85. The van der Waals surface area contributed by atoms with E-state index in [9.17, 15) is 0 Å². The van der Waals surface area contributed by atoms with Crippen molar-refractivity contribution in [2.45, 2.75) is 0 Å². The molecule has 6 heteroatoms. The molecule has 266 valence electrons. The summed E-state index contributed by atoms with van der Waals surface area (Å²) in [6, 6.07) is 63.8. The van der Waals surface area contributed by atoms with E-state index in [1.807, 2.05) is 30.3 Å². The molecule has 0 aliphatic rings. The second-order valence-corrected chi connectivity index (χ2v) is 15.5. The van der Waals surface area contributed by atoms with Crippen LogP contribution in [-0.2, 0) is 0 Å². The number of hydrogen-bond donors (Lipinski definition) is 0. The fourth-order valence-corrected chi connectivity index (χ4v) is 9.46. The number of furan rings is 1. The highest BCUT2D eigenvalue weighted by Gasteiger charge is 2.19. The maximum atomic E-state index is 6.81. The molecule has 12 rings (SSSR count). The first-order valence-corrected chi connectivity index (χ1v) is 19.8. The number of hydrogen-bond acceptors (Lipinski definition) is 5. The fraction of sp³-hybridized carbons (Fsp3) is 0. The maximum absolute atomic E-state index is 6.81. The molecule has 0 bridgehead atoms. The first kappa shape index (κ1) is 31.9. The van der Waals surface area contributed by atoms with Crippen LogP contribution in [0.1, 0.15) is 0 Å². The van der Waals surface area contributed by atoms with Crippen molar-refractivity contribution in [3.05, 3.63) is 182 Å². The lowest BCUT2D eigenvalue weighted by Gasteiger charge is -2.08. The van der Waals surface area contributed by atoms with Gasteiger partial charge < -0.3 is 8.98 Å². The summed E-state index contributed by atoms with van der Waals surface area (Å²) in [6.45, 7) is 0. The minimum absolute atomic E-state index is 0.594. The Bertz CT molecular complexity index is 3530. The molecule has 8 aromatic carbocycles. The largest absolute Gasteiger partial charge is 0.455 e. The molecule has 0 aliphatic heterocycles. The summed E-state index contributed by atoms with van der Waals surface area (Å²) in [7, 11) is 0. The summed E-state index contributed by atoms with van der Waals surface area (Å²) in [4.78, 5) is 15.2. The van der Waals surface area contributed by atoms with Crippen molar-refractivity contribution in [1.82, 2.24) is 19.5 Å². The molecule has 12 aromatic rings. The number of para-hydroxylation sites is 3. The Morgan fingerprint density at radius 3 is 1.84 bits per heavy atom. The summed E-state index contributed by atoms with van der Waals surface area (Å²) in [5.41, 5.74) is 10.0. The Labute approximate surface area is 330 Å². The van der Waals surface area contributed by atoms with E-state index in [0.717, 1.165) is 55.4 Å². The normalized spacial score (nSPS) is 11.9. The summed E-state index contributed by atoms with van der Waals surface area (Å²) in [6.07, 6.45) is 0. The van der Waals surface area contributed by atoms with E-state index in [-0.39, 0.29) is 0 Å². The first-order valence-electron chi connectivity index (χ1n) is 19.0. The molecule has 0 atom stereocenters. The van der Waals surface area contributed by atoms with Gasteiger partial charge in [0.05, 0.1) is 11.0 Å². The molecule has 0 N–H and O–H groups in total. The molecule has 0 aliphatic carbocycles. The van der Waals surface area contributed by atoms with Gasteiger partial charge in [0.2, 0.25) is 0 Å². The van der Waals surface area contributed by atoms with Crippen molar-refractivity contribution < 1.29 is 4.42 Å². The quantitative estimate of drug-likeness (QED) is 0.176. The zero-order valence-corrected chi connectivity index (χ0v) is 31.2. The van der Waals surface area contributed by atoms with Crippen LogP contribution >= 0.6 is 11.3 Å². The summed E-state index contributed by atoms with van der Waals surface area (Å²) >= 11 is 1.80. The molecule has 0 spiro atoms. The van der Waals surface area contributed by atoms with Crippen molar-refractivity contribution in [3.63, 3.8) is 0 Å². The molecule has 4 heterocycles. The van der Waals surface area contributed by atoms with Crippen molar-refractivity contribution in [2.24, 2.45) is 0 Å². The van der Waals surface area contributed by atoms with E-state index in [1.165, 1.54) is 42.0 Å². The number of nitrogens with zero attached hydrogens (tertiary/aromatic N) is 4. The van der Waals surface area contributed by atoms with Gasteiger partial charge in [-0.3, -0.25) is 0 Å². The van der Waals surface area contributed by atoms with E-state index < -0.39 is 0 Å². The highest BCUT2D eigenvalue weighted by atomic mass is 32.1. The third-order valence-electron chi connectivity index (χ3n) is 11.1. The molecule has 0 saturated carbocycles. The van der Waals surface area contributed by atoms with E-state index in [0.29, 0.717) is 17.5 Å². The smallest absolute Gasteiger partial charge is 0.164 e. The lowest BCUT2D eigenvalue weighted by molar-refractivity contribution is 0.670. The van der Waals surface area contributed by atoms with Crippen LogP contribution in [0.5, 0.6) is 0 Å². The van der Waals surface area contributed by atoms with Gasteiger partial charge in [0.25, 0.3) is 0 Å². The fourth-order valence-electron chi connectivity index (χ4n) is 8.38. The highest BCUT2D eigenvalue weighted by molar-refractivity contribution is 7.25. The molecular formula is C51H30N4OS. The number of aromatic nitrogens is 4. The van der Waals surface area contributed by atoms with E-state index >= 15 is 0 Å². The minimum atomic E-state index is 0.594. The van der Waals surface area contributed by atoms with Crippen LogP contribution in [0.4, 0.5) is 0 Å². The van der Waals surface area contributed by atoms with Crippen molar-refractivity contribution >= 4 is 75.3 Å². The van der Waals surface area contributed by atoms with Crippen molar-refractivity contribution in [1.29, 1.82) is 0 Å². The Morgan fingerprint density at radius 2 is 1.00 bits per heavy atom. The third-order valence-corrected chi connectivity index (χ3v) is 12.2. The van der Waals surface area contributed by atoms with Gasteiger partial charge in [0.1, 0.15) is 11.2 Å². The SMILES string of the molecule is c1ccc(-c2nc(-c3ccc4c(c3)oc3c(-c5ccc6c(c5)c5ccccc5n6-c5ccccc5)cccc34)nc(-c3ccc4sc5ccccc5c4c3)n2)cc1. The Morgan fingerprint density at radius 1 is 0.386 bits per heavy atom. The summed E-state index contributed by atoms with van der Waals surface area (Å²) < 4.78 is 11.7.